The van der Waals surface area contributed by atoms with Gasteiger partial charge in [-0.25, -0.2) is 18.1 Å². The smallest absolute Gasteiger partial charge is 0.265 e. The Hall–Kier alpha value is -1.71. The maximum atomic E-state index is 12.9. The predicted molar refractivity (Wildman–Crippen MR) is 116 cm³/mol. The summed E-state index contributed by atoms with van der Waals surface area (Å²) in [6.07, 6.45) is 3.96. The van der Waals surface area contributed by atoms with Gasteiger partial charge in [0.1, 0.15) is 14.8 Å². The van der Waals surface area contributed by atoms with Crippen LogP contribution in [0.4, 0.5) is 0 Å². The standard InChI is InChI=1S/C20H30N4O3S2/c1-6-13(2)22-29(26,27)17-12-16(23(5)15(17)4)19-21-14(3)18(28-19)20(25)24-10-8-7-9-11-24/h12-13,22H,6-11H2,1-5H3/t13-/m0/s1. The highest BCUT2D eigenvalue weighted by atomic mass is 32.2. The first-order chi connectivity index (χ1) is 13.7. The normalized spacial score (nSPS) is 16.2. The van der Waals surface area contributed by atoms with Gasteiger partial charge < -0.3 is 9.47 Å². The molecule has 7 nitrogen and oxygen atoms in total. The molecular weight excluding hydrogens is 408 g/mol. The van der Waals surface area contributed by atoms with E-state index in [1.807, 2.05) is 37.3 Å². The first-order valence-corrected chi connectivity index (χ1v) is 12.4. The van der Waals surface area contributed by atoms with Gasteiger partial charge in [0.15, 0.2) is 0 Å². The van der Waals surface area contributed by atoms with Crippen LogP contribution in [0, 0.1) is 13.8 Å². The van der Waals surface area contributed by atoms with Crippen molar-refractivity contribution in [1.29, 1.82) is 0 Å². The van der Waals surface area contributed by atoms with Gasteiger partial charge in [-0.1, -0.05) is 6.92 Å². The van der Waals surface area contributed by atoms with Crippen molar-refractivity contribution in [1.82, 2.24) is 19.2 Å². The Labute approximate surface area is 177 Å². The minimum Gasteiger partial charge on any atom is -0.345 e. The lowest BCUT2D eigenvalue weighted by molar-refractivity contribution is 0.0728. The maximum absolute atomic E-state index is 12.9. The largest absolute Gasteiger partial charge is 0.345 e. The molecule has 2 aromatic rings. The Bertz CT molecular complexity index is 1000. The van der Waals surface area contributed by atoms with Crippen LogP contribution in [0.2, 0.25) is 0 Å². The summed E-state index contributed by atoms with van der Waals surface area (Å²) in [6, 6.07) is 1.52. The summed E-state index contributed by atoms with van der Waals surface area (Å²) in [5.74, 6) is 0.0307. The fraction of sp³-hybridized carbons (Fsp3) is 0.600. The highest BCUT2D eigenvalue weighted by molar-refractivity contribution is 7.89. The van der Waals surface area contributed by atoms with Crippen molar-refractivity contribution in [2.75, 3.05) is 13.1 Å². The van der Waals surface area contributed by atoms with Gasteiger partial charge in [-0.3, -0.25) is 4.79 Å². The number of hydrogen-bond donors (Lipinski definition) is 1. The molecule has 1 atom stereocenters. The molecule has 1 N–H and O–H groups in total. The van der Waals surface area contributed by atoms with Crippen LogP contribution >= 0.6 is 11.3 Å². The molecule has 160 valence electrons. The van der Waals surface area contributed by atoms with E-state index in [1.165, 1.54) is 17.8 Å². The molecule has 2 aromatic heterocycles. The van der Waals surface area contributed by atoms with Gasteiger partial charge in [0.25, 0.3) is 5.91 Å². The first kappa shape index (κ1) is 22.0. The van der Waals surface area contributed by atoms with Gasteiger partial charge in [0, 0.05) is 31.9 Å². The summed E-state index contributed by atoms with van der Waals surface area (Å²) >= 11 is 1.34. The number of likely N-dealkylation sites (tertiary alicyclic amines) is 1. The van der Waals surface area contributed by atoms with E-state index in [0.717, 1.165) is 25.9 Å². The summed E-state index contributed by atoms with van der Waals surface area (Å²) in [7, 11) is -1.79. The molecule has 9 heteroatoms. The average Bonchev–Trinajstić information content (AvgIpc) is 3.22. The summed E-state index contributed by atoms with van der Waals surface area (Å²) < 4.78 is 30.2. The molecule has 3 heterocycles. The Balaban J connectivity index is 1.95. The molecule has 0 saturated carbocycles. The van der Waals surface area contributed by atoms with Gasteiger partial charge in [0.05, 0.1) is 11.4 Å². The monoisotopic (exact) mass is 438 g/mol. The molecule has 1 saturated heterocycles. The molecule has 1 amide bonds. The van der Waals surface area contributed by atoms with Crippen LogP contribution in [0.1, 0.15) is 60.6 Å². The molecule has 0 bridgehead atoms. The predicted octanol–water partition coefficient (Wildman–Crippen LogP) is 3.47. The van der Waals surface area contributed by atoms with Crippen LogP contribution in [-0.4, -0.2) is 47.9 Å². The Kier molecular flexibility index (Phi) is 6.50. The third-order valence-corrected chi connectivity index (χ3v) is 8.47. The van der Waals surface area contributed by atoms with Gasteiger partial charge in [-0.15, -0.1) is 11.3 Å². The molecule has 0 radical (unpaired) electrons. The number of piperidine rings is 1. The molecule has 29 heavy (non-hydrogen) atoms. The molecule has 1 aliphatic rings. The van der Waals surface area contributed by atoms with Crippen molar-refractivity contribution in [3.8, 4) is 10.7 Å². The molecule has 1 aliphatic heterocycles. The third-order valence-electron chi connectivity index (χ3n) is 5.60. The van der Waals surface area contributed by atoms with Crippen molar-refractivity contribution in [2.24, 2.45) is 7.05 Å². The number of hydrogen-bond acceptors (Lipinski definition) is 5. The second-order valence-electron chi connectivity index (χ2n) is 7.76. The number of rotatable bonds is 6. The summed E-state index contributed by atoms with van der Waals surface area (Å²) in [4.78, 5) is 20.3. The molecule has 3 rings (SSSR count). The number of nitrogens with zero attached hydrogens (tertiary/aromatic N) is 3. The van der Waals surface area contributed by atoms with Gasteiger partial charge in [-0.05, 0) is 52.5 Å². The highest BCUT2D eigenvalue weighted by Gasteiger charge is 2.27. The quantitative estimate of drug-likeness (QED) is 0.748. The fourth-order valence-electron chi connectivity index (χ4n) is 3.51. The second kappa shape index (κ2) is 8.57. The van der Waals surface area contributed by atoms with Crippen molar-refractivity contribution >= 4 is 27.3 Å². The van der Waals surface area contributed by atoms with Gasteiger partial charge >= 0.3 is 0 Å². The Morgan fingerprint density at radius 2 is 1.93 bits per heavy atom. The SMILES string of the molecule is CC[C@H](C)NS(=O)(=O)c1cc(-c2nc(C)c(C(=O)N3CCCCC3)s2)n(C)c1C. The Morgan fingerprint density at radius 1 is 1.28 bits per heavy atom. The van der Waals surface area contributed by atoms with E-state index in [9.17, 15) is 13.2 Å². The number of sulfonamides is 1. The summed E-state index contributed by atoms with van der Waals surface area (Å²) in [5.41, 5.74) is 2.05. The Morgan fingerprint density at radius 3 is 2.55 bits per heavy atom. The number of carbonyl (C=O) groups excluding carboxylic acids is 1. The lowest BCUT2D eigenvalue weighted by atomic mass is 10.1. The van der Waals surface area contributed by atoms with Crippen molar-refractivity contribution in [2.45, 2.75) is 64.3 Å². The van der Waals surface area contributed by atoms with Gasteiger partial charge in [-0.2, -0.15) is 0 Å². The lowest BCUT2D eigenvalue weighted by Gasteiger charge is -2.26. The molecule has 0 aliphatic carbocycles. The highest BCUT2D eigenvalue weighted by Crippen LogP contribution is 2.33. The van der Waals surface area contributed by atoms with E-state index in [2.05, 4.69) is 9.71 Å². The first-order valence-electron chi connectivity index (χ1n) is 10.1. The number of thiazole rings is 1. The fourth-order valence-corrected chi connectivity index (χ4v) is 6.21. The minimum atomic E-state index is -3.62. The molecule has 0 unspecified atom stereocenters. The zero-order valence-electron chi connectivity index (χ0n) is 17.8. The molecular formula is C20H30N4O3S2. The average molecular weight is 439 g/mol. The van der Waals surface area contributed by atoms with Crippen LogP contribution in [0.25, 0.3) is 10.7 Å². The van der Waals surface area contributed by atoms with E-state index in [4.69, 9.17) is 0 Å². The van der Waals surface area contributed by atoms with Crippen LogP contribution in [0.5, 0.6) is 0 Å². The zero-order valence-corrected chi connectivity index (χ0v) is 19.4. The topological polar surface area (TPSA) is 84.3 Å². The lowest BCUT2D eigenvalue weighted by Crippen LogP contribution is -2.35. The van der Waals surface area contributed by atoms with E-state index >= 15 is 0 Å². The molecule has 0 aromatic carbocycles. The third kappa shape index (κ3) is 4.41. The number of amides is 1. The van der Waals surface area contributed by atoms with Crippen LogP contribution in [-0.2, 0) is 17.1 Å². The number of aryl methyl sites for hydroxylation is 1. The van der Waals surface area contributed by atoms with E-state index in [-0.39, 0.29) is 16.8 Å². The second-order valence-corrected chi connectivity index (χ2v) is 10.4. The van der Waals surface area contributed by atoms with Crippen molar-refractivity contribution < 1.29 is 13.2 Å². The van der Waals surface area contributed by atoms with Crippen molar-refractivity contribution in [3.63, 3.8) is 0 Å². The number of nitrogens with one attached hydrogen (secondary N) is 1. The maximum Gasteiger partial charge on any atom is 0.265 e. The van der Waals surface area contributed by atoms with Crippen LogP contribution in [0.15, 0.2) is 11.0 Å². The zero-order chi connectivity index (χ0) is 21.3. The van der Waals surface area contributed by atoms with Gasteiger partial charge in [0.2, 0.25) is 10.0 Å². The van der Waals surface area contributed by atoms with E-state index in [1.54, 1.807) is 13.0 Å². The number of carbonyl (C=O) groups is 1. The summed E-state index contributed by atoms with van der Waals surface area (Å²) in [5, 5.41) is 0.665. The van der Waals surface area contributed by atoms with E-state index < -0.39 is 10.0 Å². The van der Waals surface area contributed by atoms with Crippen LogP contribution in [0.3, 0.4) is 0 Å². The minimum absolute atomic E-state index is 0.0307. The summed E-state index contributed by atoms with van der Waals surface area (Å²) in [6.45, 7) is 9.00. The number of aromatic nitrogens is 2. The van der Waals surface area contributed by atoms with Crippen molar-refractivity contribution in [3.05, 3.63) is 22.3 Å². The molecule has 1 fully saturated rings. The van der Waals surface area contributed by atoms with E-state index in [0.29, 0.717) is 33.4 Å². The van der Waals surface area contributed by atoms with Crippen LogP contribution < -0.4 is 4.72 Å². The molecule has 0 spiro atoms.